The van der Waals surface area contributed by atoms with Crippen molar-refractivity contribution in [3.8, 4) is 0 Å². The first kappa shape index (κ1) is 26.2. The van der Waals surface area contributed by atoms with E-state index in [1.54, 1.807) is 48.2 Å². The second-order valence-electron chi connectivity index (χ2n) is 7.87. The molecule has 2 aromatic rings. The van der Waals surface area contributed by atoms with Crippen molar-refractivity contribution in [2.24, 2.45) is 0 Å². The first-order valence-corrected chi connectivity index (χ1v) is 12.0. The van der Waals surface area contributed by atoms with Crippen LogP contribution >= 0.6 is 15.9 Å². The number of urea groups is 2. The molecule has 1 atom stereocenters. The van der Waals surface area contributed by atoms with Crippen molar-refractivity contribution in [2.45, 2.75) is 26.3 Å². The van der Waals surface area contributed by atoms with Crippen molar-refractivity contribution in [1.82, 2.24) is 10.2 Å². The Hall–Kier alpha value is -3.37. The molecule has 3 rings (SSSR count). The number of ether oxygens (including phenoxy) is 2. The zero-order chi connectivity index (χ0) is 25.4. The molecule has 4 amide bonds. The highest BCUT2D eigenvalue weighted by Crippen LogP contribution is 2.32. The van der Waals surface area contributed by atoms with Gasteiger partial charge in [-0.15, -0.1) is 0 Å². The lowest BCUT2D eigenvalue weighted by Crippen LogP contribution is -2.48. The van der Waals surface area contributed by atoms with Gasteiger partial charge >= 0.3 is 18.0 Å². The minimum atomic E-state index is -0.685. The maximum Gasteiger partial charge on any atom is 0.338 e. The number of methoxy groups -OCH3 is 1. The standard InChI is InChI=1S/C25H29BrN4O5/c1-4-12-30-16(2)21(23(31)35-14-13-34-3)22(29-25(30)33)17-8-10-19(11-9-17)27-24(32)28-20-7-5-6-18(26)15-20/h5-11,15,22H,4,12-14H2,1-3H3,(H,29,33)(H2,27,28,32). The van der Waals surface area contributed by atoms with Gasteiger partial charge in [0.1, 0.15) is 6.61 Å². The fraction of sp³-hybridized carbons (Fsp3) is 0.320. The highest BCUT2D eigenvalue weighted by molar-refractivity contribution is 9.10. The Bertz CT molecular complexity index is 1100. The number of carbonyl (C=O) groups is 3. The number of allylic oxidation sites excluding steroid dienone is 1. The number of amides is 4. The van der Waals surface area contributed by atoms with Gasteiger partial charge in [0.25, 0.3) is 0 Å². The Balaban J connectivity index is 1.78. The third kappa shape index (κ3) is 6.83. The van der Waals surface area contributed by atoms with E-state index in [4.69, 9.17) is 9.47 Å². The van der Waals surface area contributed by atoms with Crippen LogP contribution in [0, 0.1) is 0 Å². The van der Waals surface area contributed by atoms with E-state index in [1.807, 2.05) is 19.1 Å². The van der Waals surface area contributed by atoms with Crippen LogP contribution in [0.15, 0.2) is 64.3 Å². The third-order valence-corrected chi connectivity index (χ3v) is 5.86. The number of esters is 1. The van der Waals surface area contributed by atoms with E-state index in [0.717, 1.165) is 10.9 Å². The Labute approximate surface area is 213 Å². The summed E-state index contributed by atoms with van der Waals surface area (Å²) in [6.07, 6.45) is 0.740. The molecule has 0 saturated carbocycles. The van der Waals surface area contributed by atoms with E-state index >= 15 is 0 Å². The summed E-state index contributed by atoms with van der Waals surface area (Å²) in [6.45, 7) is 4.57. The molecular weight excluding hydrogens is 516 g/mol. The number of anilines is 2. The Morgan fingerprint density at radius 1 is 1.09 bits per heavy atom. The van der Waals surface area contributed by atoms with Gasteiger partial charge in [-0.1, -0.05) is 41.1 Å². The van der Waals surface area contributed by atoms with E-state index in [-0.39, 0.29) is 19.2 Å². The summed E-state index contributed by atoms with van der Waals surface area (Å²) in [5, 5.41) is 8.44. The number of halogens is 1. The van der Waals surface area contributed by atoms with Crippen LogP contribution in [0.4, 0.5) is 21.0 Å². The number of nitrogens with zero attached hydrogens (tertiary/aromatic N) is 1. The second kappa shape index (κ2) is 12.4. The van der Waals surface area contributed by atoms with Crippen LogP contribution in [0.1, 0.15) is 31.9 Å². The molecule has 1 heterocycles. The largest absolute Gasteiger partial charge is 0.460 e. The van der Waals surface area contributed by atoms with Crippen LogP contribution in [0.2, 0.25) is 0 Å². The molecule has 186 valence electrons. The molecule has 10 heteroatoms. The Kier molecular flexibility index (Phi) is 9.27. The lowest BCUT2D eigenvalue weighted by Gasteiger charge is -2.35. The quantitative estimate of drug-likeness (QED) is 0.303. The number of benzene rings is 2. The van der Waals surface area contributed by atoms with Crippen LogP contribution in [0.3, 0.4) is 0 Å². The molecule has 0 fully saturated rings. The normalized spacial score (nSPS) is 15.5. The minimum absolute atomic E-state index is 0.108. The minimum Gasteiger partial charge on any atom is -0.460 e. The molecule has 9 nitrogen and oxygen atoms in total. The van der Waals surface area contributed by atoms with Gasteiger partial charge in [-0.2, -0.15) is 0 Å². The van der Waals surface area contributed by atoms with Gasteiger partial charge in [0.15, 0.2) is 0 Å². The summed E-state index contributed by atoms with van der Waals surface area (Å²) in [4.78, 5) is 39.6. The van der Waals surface area contributed by atoms with E-state index < -0.39 is 18.0 Å². The monoisotopic (exact) mass is 544 g/mol. The Morgan fingerprint density at radius 2 is 1.80 bits per heavy atom. The van der Waals surface area contributed by atoms with Crippen molar-refractivity contribution in [3.63, 3.8) is 0 Å². The molecule has 1 aliphatic rings. The molecule has 0 aliphatic carbocycles. The van der Waals surface area contributed by atoms with Crippen molar-refractivity contribution in [3.05, 3.63) is 69.8 Å². The lowest BCUT2D eigenvalue weighted by atomic mass is 9.94. The summed E-state index contributed by atoms with van der Waals surface area (Å²) in [5.74, 6) is -0.513. The van der Waals surface area contributed by atoms with Gasteiger partial charge in [0.05, 0.1) is 18.2 Å². The summed E-state index contributed by atoms with van der Waals surface area (Å²) >= 11 is 3.37. The van der Waals surface area contributed by atoms with Gasteiger partial charge in [0.2, 0.25) is 0 Å². The van der Waals surface area contributed by atoms with Gasteiger partial charge in [-0.3, -0.25) is 4.90 Å². The molecule has 0 aromatic heterocycles. The number of rotatable bonds is 9. The maximum absolute atomic E-state index is 13.0. The van der Waals surface area contributed by atoms with E-state index in [2.05, 4.69) is 31.9 Å². The first-order chi connectivity index (χ1) is 16.8. The average Bonchev–Trinajstić information content (AvgIpc) is 2.82. The number of hydrogen-bond donors (Lipinski definition) is 3. The van der Waals surface area contributed by atoms with Gasteiger partial charge in [0, 0.05) is 35.2 Å². The smallest absolute Gasteiger partial charge is 0.338 e. The van der Waals surface area contributed by atoms with E-state index in [0.29, 0.717) is 34.8 Å². The molecule has 35 heavy (non-hydrogen) atoms. The topological polar surface area (TPSA) is 109 Å². The van der Waals surface area contributed by atoms with E-state index in [9.17, 15) is 14.4 Å². The summed E-state index contributed by atoms with van der Waals surface area (Å²) in [6, 6.07) is 12.8. The zero-order valence-corrected chi connectivity index (χ0v) is 21.5. The molecule has 0 radical (unpaired) electrons. The van der Waals surface area contributed by atoms with Crippen LogP contribution in [0.25, 0.3) is 0 Å². The van der Waals surface area contributed by atoms with Crippen molar-refractivity contribution in [1.29, 1.82) is 0 Å². The molecular formula is C25H29BrN4O5. The van der Waals surface area contributed by atoms with E-state index in [1.165, 1.54) is 7.11 Å². The molecule has 0 bridgehead atoms. The lowest BCUT2D eigenvalue weighted by molar-refractivity contribution is -0.140. The number of hydrogen-bond acceptors (Lipinski definition) is 5. The molecule has 1 aliphatic heterocycles. The fourth-order valence-corrected chi connectivity index (χ4v) is 4.10. The summed E-state index contributed by atoms with van der Waals surface area (Å²) < 4.78 is 11.2. The fourth-order valence-electron chi connectivity index (χ4n) is 3.70. The van der Waals surface area contributed by atoms with Crippen LogP contribution < -0.4 is 16.0 Å². The predicted octanol–water partition coefficient (Wildman–Crippen LogP) is 5.03. The van der Waals surface area contributed by atoms with Crippen LogP contribution in [-0.4, -0.2) is 49.8 Å². The van der Waals surface area contributed by atoms with Gasteiger partial charge in [-0.25, -0.2) is 14.4 Å². The number of nitrogens with one attached hydrogen (secondary N) is 3. The number of carbonyl (C=O) groups excluding carboxylic acids is 3. The highest BCUT2D eigenvalue weighted by Gasteiger charge is 2.36. The highest BCUT2D eigenvalue weighted by atomic mass is 79.9. The molecule has 1 unspecified atom stereocenters. The molecule has 2 aromatic carbocycles. The van der Waals surface area contributed by atoms with Gasteiger partial charge < -0.3 is 25.4 Å². The van der Waals surface area contributed by atoms with Crippen molar-refractivity contribution < 1.29 is 23.9 Å². The first-order valence-electron chi connectivity index (χ1n) is 11.2. The maximum atomic E-state index is 13.0. The SMILES string of the molecule is CCCN1C(=O)NC(c2ccc(NC(=O)Nc3cccc(Br)c3)cc2)C(C(=O)OCCOC)=C1C. The zero-order valence-electron chi connectivity index (χ0n) is 19.9. The molecule has 3 N–H and O–H groups in total. The summed E-state index contributed by atoms with van der Waals surface area (Å²) in [7, 11) is 1.53. The summed E-state index contributed by atoms with van der Waals surface area (Å²) in [5.41, 5.74) is 2.81. The van der Waals surface area contributed by atoms with Crippen LogP contribution in [0.5, 0.6) is 0 Å². The van der Waals surface area contributed by atoms with Crippen molar-refractivity contribution in [2.75, 3.05) is 37.5 Å². The Morgan fingerprint density at radius 3 is 2.46 bits per heavy atom. The van der Waals surface area contributed by atoms with Crippen molar-refractivity contribution >= 4 is 45.3 Å². The van der Waals surface area contributed by atoms with Gasteiger partial charge in [-0.05, 0) is 49.2 Å². The third-order valence-electron chi connectivity index (χ3n) is 5.37. The molecule has 0 saturated heterocycles. The second-order valence-corrected chi connectivity index (χ2v) is 8.79. The predicted molar refractivity (Wildman–Crippen MR) is 137 cm³/mol. The average molecular weight is 545 g/mol. The van der Waals surface area contributed by atoms with Crippen LogP contribution in [-0.2, 0) is 14.3 Å². The molecule has 0 spiro atoms.